The van der Waals surface area contributed by atoms with Crippen LogP contribution in [0.4, 0.5) is 0 Å². The zero-order chi connectivity index (χ0) is 14.8. The van der Waals surface area contributed by atoms with E-state index < -0.39 is 16.1 Å². The molecule has 108 valence electrons. The predicted molar refractivity (Wildman–Crippen MR) is 75.8 cm³/mol. The van der Waals surface area contributed by atoms with Crippen LogP contribution in [-0.4, -0.2) is 24.3 Å². The molecule has 0 saturated heterocycles. The Morgan fingerprint density at radius 3 is 2.60 bits per heavy atom. The quantitative estimate of drug-likeness (QED) is 0.915. The Morgan fingerprint density at radius 1 is 1.35 bits per heavy atom. The van der Waals surface area contributed by atoms with Crippen LogP contribution < -0.4 is 4.72 Å². The van der Waals surface area contributed by atoms with Crippen molar-refractivity contribution < 1.29 is 12.9 Å². The van der Waals surface area contributed by atoms with Crippen LogP contribution >= 0.6 is 11.6 Å². The summed E-state index contributed by atoms with van der Waals surface area (Å²) in [5.41, 5.74) is 0.721. The van der Waals surface area contributed by atoms with Gasteiger partial charge in [-0.1, -0.05) is 16.8 Å². The van der Waals surface area contributed by atoms with E-state index in [1.807, 2.05) is 0 Å². The number of benzene rings is 1. The molecule has 0 amide bonds. The lowest BCUT2D eigenvalue weighted by Crippen LogP contribution is -2.28. The summed E-state index contributed by atoms with van der Waals surface area (Å²) in [6.07, 6.45) is 0. The van der Waals surface area contributed by atoms with E-state index in [2.05, 4.69) is 14.9 Å². The van der Waals surface area contributed by atoms with Gasteiger partial charge in [0, 0.05) is 10.6 Å². The fourth-order valence-electron chi connectivity index (χ4n) is 1.53. The summed E-state index contributed by atoms with van der Waals surface area (Å²) >= 11 is 5.80. The van der Waals surface area contributed by atoms with Gasteiger partial charge in [0.2, 0.25) is 10.0 Å². The number of sulfonamides is 1. The topological polar surface area (TPSA) is 85.1 Å². The first-order valence-electron chi connectivity index (χ1n) is 6.01. The molecule has 6 nitrogen and oxygen atoms in total. The number of rotatable bonds is 5. The Hall–Kier alpha value is -1.44. The van der Waals surface area contributed by atoms with Gasteiger partial charge in [-0.05, 0) is 38.1 Å². The number of halogens is 1. The van der Waals surface area contributed by atoms with Crippen LogP contribution in [0.3, 0.4) is 0 Å². The standard InChI is InChI=1S/C12H14ClN3O3S/c1-3-20(17,18)16-8(2)11-14-12(19-15-11)9-4-6-10(13)7-5-9/h4-8,16H,3H2,1-2H3/t8-/m1/s1. The van der Waals surface area contributed by atoms with E-state index in [0.717, 1.165) is 5.56 Å². The summed E-state index contributed by atoms with van der Waals surface area (Å²) in [6, 6.07) is 6.37. The second-order valence-corrected chi connectivity index (χ2v) is 6.69. The molecule has 0 aliphatic heterocycles. The zero-order valence-corrected chi connectivity index (χ0v) is 12.6. The molecule has 1 N–H and O–H groups in total. The summed E-state index contributed by atoms with van der Waals surface area (Å²) in [5, 5.41) is 4.40. The highest BCUT2D eigenvalue weighted by atomic mass is 35.5. The fraction of sp³-hybridized carbons (Fsp3) is 0.333. The smallest absolute Gasteiger partial charge is 0.257 e. The third kappa shape index (κ3) is 3.56. The lowest BCUT2D eigenvalue weighted by atomic mass is 10.2. The maximum absolute atomic E-state index is 11.5. The molecule has 0 fully saturated rings. The molecule has 8 heteroatoms. The number of hydrogen-bond acceptors (Lipinski definition) is 5. The van der Waals surface area contributed by atoms with Crippen molar-refractivity contribution >= 4 is 21.6 Å². The van der Waals surface area contributed by atoms with E-state index in [1.54, 1.807) is 38.1 Å². The molecule has 2 aromatic rings. The molecule has 1 aromatic carbocycles. The Bertz CT molecular complexity index is 682. The minimum absolute atomic E-state index is 0.000761. The maximum Gasteiger partial charge on any atom is 0.257 e. The zero-order valence-electron chi connectivity index (χ0n) is 11.0. The van der Waals surface area contributed by atoms with Gasteiger partial charge in [0.25, 0.3) is 5.89 Å². The molecular formula is C12H14ClN3O3S. The minimum atomic E-state index is -3.32. The van der Waals surface area contributed by atoms with Gasteiger partial charge in [-0.15, -0.1) is 0 Å². The van der Waals surface area contributed by atoms with Crippen molar-refractivity contribution in [2.75, 3.05) is 5.75 Å². The average Bonchev–Trinajstić information content (AvgIpc) is 2.89. The van der Waals surface area contributed by atoms with E-state index in [-0.39, 0.29) is 11.6 Å². The molecule has 0 spiro atoms. The van der Waals surface area contributed by atoms with Crippen molar-refractivity contribution in [3.8, 4) is 11.5 Å². The summed E-state index contributed by atoms with van der Waals surface area (Å²) in [4.78, 5) is 4.18. The second kappa shape index (κ2) is 5.90. The molecule has 0 aliphatic rings. The molecule has 1 heterocycles. The largest absolute Gasteiger partial charge is 0.334 e. The van der Waals surface area contributed by atoms with E-state index in [4.69, 9.17) is 16.1 Å². The normalized spacial score (nSPS) is 13.3. The highest BCUT2D eigenvalue weighted by molar-refractivity contribution is 7.89. The molecule has 0 unspecified atom stereocenters. The lowest BCUT2D eigenvalue weighted by molar-refractivity contribution is 0.415. The number of nitrogens with zero attached hydrogens (tertiary/aromatic N) is 2. The Labute approximate surface area is 122 Å². The molecule has 0 saturated carbocycles. The van der Waals surface area contributed by atoms with Crippen molar-refractivity contribution in [3.05, 3.63) is 35.1 Å². The van der Waals surface area contributed by atoms with Crippen molar-refractivity contribution in [2.45, 2.75) is 19.9 Å². The second-order valence-electron chi connectivity index (χ2n) is 4.21. The Balaban J connectivity index is 2.18. The van der Waals surface area contributed by atoms with Crippen LogP contribution in [-0.2, 0) is 10.0 Å². The first-order chi connectivity index (χ1) is 9.41. The fourth-order valence-corrected chi connectivity index (χ4v) is 2.46. The molecule has 1 atom stereocenters. The first kappa shape index (κ1) is 15.0. The third-order valence-electron chi connectivity index (χ3n) is 2.66. The highest BCUT2D eigenvalue weighted by Crippen LogP contribution is 2.21. The number of nitrogens with one attached hydrogen (secondary N) is 1. The van der Waals surface area contributed by atoms with E-state index in [1.165, 1.54) is 0 Å². The molecule has 0 bridgehead atoms. The highest BCUT2D eigenvalue weighted by Gasteiger charge is 2.19. The molecule has 0 radical (unpaired) electrons. The van der Waals surface area contributed by atoms with Crippen LogP contribution in [0.15, 0.2) is 28.8 Å². The Kier molecular flexibility index (Phi) is 4.42. The molecule has 20 heavy (non-hydrogen) atoms. The monoisotopic (exact) mass is 315 g/mol. The van der Waals surface area contributed by atoms with Gasteiger partial charge in [-0.25, -0.2) is 13.1 Å². The summed E-state index contributed by atoms with van der Waals surface area (Å²) in [6.45, 7) is 3.22. The summed E-state index contributed by atoms with van der Waals surface area (Å²) < 4.78 is 30.6. The van der Waals surface area contributed by atoms with Crippen LogP contribution in [0.25, 0.3) is 11.5 Å². The molecular weight excluding hydrogens is 302 g/mol. The van der Waals surface area contributed by atoms with Crippen LogP contribution in [0.5, 0.6) is 0 Å². The molecule has 1 aromatic heterocycles. The van der Waals surface area contributed by atoms with Gasteiger partial charge < -0.3 is 4.52 Å². The van der Waals surface area contributed by atoms with Crippen molar-refractivity contribution in [3.63, 3.8) is 0 Å². The van der Waals surface area contributed by atoms with Crippen LogP contribution in [0, 0.1) is 0 Å². The first-order valence-corrected chi connectivity index (χ1v) is 8.04. The van der Waals surface area contributed by atoms with Gasteiger partial charge in [0.05, 0.1) is 11.8 Å². The predicted octanol–water partition coefficient (Wildman–Crippen LogP) is 2.39. The molecule has 0 aliphatic carbocycles. The number of aromatic nitrogens is 2. The van der Waals surface area contributed by atoms with E-state index in [9.17, 15) is 8.42 Å². The van der Waals surface area contributed by atoms with Crippen molar-refractivity contribution in [1.29, 1.82) is 0 Å². The van der Waals surface area contributed by atoms with Crippen molar-refractivity contribution in [1.82, 2.24) is 14.9 Å². The van der Waals surface area contributed by atoms with Crippen LogP contribution in [0.2, 0.25) is 5.02 Å². The average molecular weight is 316 g/mol. The van der Waals surface area contributed by atoms with Gasteiger partial charge in [-0.2, -0.15) is 4.98 Å². The summed E-state index contributed by atoms with van der Waals surface area (Å²) in [7, 11) is -3.32. The van der Waals surface area contributed by atoms with E-state index in [0.29, 0.717) is 10.9 Å². The minimum Gasteiger partial charge on any atom is -0.334 e. The summed E-state index contributed by atoms with van der Waals surface area (Å²) in [5.74, 6) is 0.602. The third-order valence-corrected chi connectivity index (χ3v) is 4.38. The van der Waals surface area contributed by atoms with Crippen LogP contribution in [0.1, 0.15) is 25.7 Å². The van der Waals surface area contributed by atoms with Crippen molar-refractivity contribution in [2.24, 2.45) is 0 Å². The SMILES string of the molecule is CCS(=O)(=O)N[C@H](C)c1noc(-c2ccc(Cl)cc2)n1. The van der Waals surface area contributed by atoms with Gasteiger partial charge in [-0.3, -0.25) is 0 Å². The lowest BCUT2D eigenvalue weighted by Gasteiger charge is -2.08. The van der Waals surface area contributed by atoms with E-state index >= 15 is 0 Å². The van der Waals surface area contributed by atoms with Gasteiger partial charge in [0.1, 0.15) is 0 Å². The number of hydrogen-bond donors (Lipinski definition) is 1. The Morgan fingerprint density at radius 2 is 2.00 bits per heavy atom. The maximum atomic E-state index is 11.5. The molecule has 2 rings (SSSR count). The van der Waals surface area contributed by atoms with Gasteiger partial charge >= 0.3 is 0 Å². The van der Waals surface area contributed by atoms with Gasteiger partial charge in [0.15, 0.2) is 5.82 Å².